The number of para-hydroxylation sites is 1. The molecule has 2 heterocycles. The first-order valence-electron chi connectivity index (χ1n) is 5.26. The molecule has 2 aromatic heterocycles. The van der Waals surface area contributed by atoms with E-state index in [0.717, 1.165) is 10.9 Å². The van der Waals surface area contributed by atoms with Gasteiger partial charge in [-0.05, 0) is 13.0 Å². The lowest BCUT2D eigenvalue weighted by Crippen LogP contribution is -2.09. The van der Waals surface area contributed by atoms with Gasteiger partial charge >= 0.3 is 0 Å². The van der Waals surface area contributed by atoms with E-state index in [4.69, 9.17) is 4.74 Å². The van der Waals surface area contributed by atoms with Gasteiger partial charge in [0.15, 0.2) is 0 Å². The molecule has 5 nitrogen and oxygen atoms in total. The highest BCUT2D eigenvalue weighted by Gasteiger charge is 2.12. The molecule has 2 N–H and O–H groups in total. The zero-order chi connectivity index (χ0) is 12.0. The molecule has 17 heavy (non-hydrogen) atoms. The number of hydrogen-bond acceptors (Lipinski definition) is 3. The molecule has 0 spiro atoms. The predicted octanol–water partition coefficient (Wildman–Crippen LogP) is 1.72. The molecule has 0 saturated carbocycles. The molecule has 86 valence electrons. The molecule has 0 atom stereocenters. The Hall–Kier alpha value is -2.30. The van der Waals surface area contributed by atoms with Gasteiger partial charge in [-0.2, -0.15) is 0 Å². The molecule has 3 aromatic rings. The first kappa shape index (κ1) is 9.89. The number of methoxy groups -OCH3 is 1. The van der Waals surface area contributed by atoms with Crippen LogP contribution in [0.25, 0.3) is 21.9 Å². The molecular weight excluding hydrogens is 218 g/mol. The smallest absolute Gasteiger partial charge is 0.275 e. The van der Waals surface area contributed by atoms with Gasteiger partial charge in [0.25, 0.3) is 5.56 Å². The SMILES string of the molecule is COc1cccc2c1[nH]c1c(=O)[nH]c(C)nc12. The molecule has 0 unspecified atom stereocenters. The van der Waals surface area contributed by atoms with Crippen molar-refractivity contribution < 1.29 is 4.74 Å². The number of nitrogens with one attached hydrogen (secondary N) is 2. The maximum Gasteiger partial charge on any atom is 0.275 e. The zero-order valence-electron chi connectivity index (χ0n) is 9.50. The van der Waals surface area contributed by atoms with E-state index in [1.807, 2.05) is 18.2 Å². The van der Waals surface area contributed by atoms with E-state index in [1.165, 1.54) is 0 Å². The van der Waals surface area contributed by atoms with Crippen LogP contribution in [-0.2, 0) is 0 Å². The predicted molar refractivity (Wildman–Crippen MR) is 65.5 cm³/mol. The quantitative estimate of drug-likeness (QED) is 0.667. The van der Waals surface area contributed by atoms with Crippen molar-refractivity contribution in [3.05, 3.63) is 34.4 Å². The van der Waals surface area contributed by atoms with Crippen LogP contribution >= 0.6 is 0 Å². The maximum atomic E-state index is 11.8. The van der Waals surface area contributed by atoms with Crippen molar-refractivity contribution in [3.63, 3.8) is 0 Å². The van der Waals surface area contributed by atoms with E-state index < -0.39 is 0 Å². The standard InChI is InChI=1S/C12H11N3O2/c1-6-13-10-7-4-3-5-8(17-2)9(7)15-11(10)12(16)14-6/h3-5,15H,1-2H3,(H,13,14,16). The number of rotatable bonds is 1. The summed E-state index contributed by atoms with van der Waals surface area (Å²) < 4.78 is 5.26. The van der Waals surface area contributed by atoms with E-state index in [0.29, 0.717) is 22.6 Å². The normalized spacial score (nSPS) is 11.2. The minimum absolute atomic E-state index is 0.161. The molecule has 0 bridgehead atoms. The summed E-state index contributed by atoms with van der Waals surface area (Å²) in [6, 6.07) is 5.65. The van der Waals surface area contributed by atoms with Crippen LogP contribution in [0.2, 0.25) is 0 Å². The third-order valence-corrected chi connectivity index (χ3v) is 2.79. The second-order valence-electron chi connectivity index (χ2n) is 3.88. The summed E-state index contributed by atoms with van der Waals surface area (Å²) in [6.45, 7) is 1.76. The van der Waals surface area contributed by atoms with Crippen molar-refractivity contribution in [1.82, 2.24) is 15.0 Å². The van der Waals surface area contributed by atoms with Gasteiger partial charge in [-0.25, -0.2) is 4.98 Å². The fraction of sp³-hybridized carbons (Fsp3) is 0.167. The molecule has 0 aliphatic heterocycles. The summed E-state index contributed by atoms with van der Waals surface area (Å²) in [5.41, 5.74) is 1.80. The first-order chi connectivity index (χ1) is 8.20. The van der Waals surface area contributed by atoms with Gasteiger partial charge in [-0.1, -0.05) is 12.1 Å². The number of benzene rings is 1. The second-order valence-corrected chi connectivity index (χ2v) is 3.88. The minimum Gasteiger partial charge on any atom is -0.495 e. The highest BCUT2D eigenvalue weighted by Crippen LogP contribution is 2.28. The summed E-state index contributed by atoms with van der Waals surface area (Å²) in [5.74, 6) is 1.31. The fourth-order valence-corrected chi connectivity index (χ4v) is 2.05. The van der Waals surface area contributed by atoms with Crippen LogP contribution in [0.5, 0.6) is 5.75 Å². The summed E-state index contributed by atoms with van der Waals surface area (Å²) in [5, 5.41) is 0.897. The molecule has 0 aliphatic rings. The van der Waals surface area contributed by atoms with Crippen molar-refractivity contribution in [2.24, 2.45) is 0 Å². The highest BCUT2D eigenvalue weighted by molar-refractivity contribution is 6.06. The van der Waals surface area contributed by atoms with Crippen molar-refractivity contribution >= 4 is 21.9 Å². The van der Waals surface area contributed by atoms with Crippen LogP contribution in [0.1, 0.15) is 5.82 Å². The number of nitrogens with zero attached hydrogens (tertiary/aromatic N) is 1. The van der Waals surface area contributed by atoms with E-state index in [2.05, 4.69) is 15.0 Å². The molecule has 5 heteroatoms. The van der Waals surface area contributed by atoms with Crippen molar-refractivity contribution in [1.29, 1.82) is 0 Å². The summed E-state index contributed by atoms with van der Waals surface area (Å²) >= 11 is 0. The number of aromatic amines is 2. The van der Waals surface area contributed by atoms with Gasteiger partial charge in [0, 0.05) is 5.39 Å². The maximum absolute atomic E-state index is 11.8. The Balaban J connectivity index is 2.59. The summed E-state index contributed by atoms with van der Waals surface area (Å²) in [4.78, 5) is 21.9. The average Bonchev–Trinajstić information content (AvgIpc) is 2.68. The molecule has 0 amide bonds. The number of aromatic nitrogens is 3. The Morgan fingerprint density at radius 2 is 2.06 bits per heavy atom. The van der Waals surface area contributed by atoms with E-state index in [-0.39, 0.29) is 5.56 Å². The lowest BCUT2D eigenvalue weighted by atomic mass is 10.2. The monoisotopic (exact) mass is 229 g/mol. The van der Waals surface area contributed by atoms with Crippen LogP contribution in [0.3, 0.4) is 0 Å². The summed E-state index contributed by atoms with van der Waals surface area (Å²) in [6.07, 6.45) is 0. The number of H-pyrrole nitrogens is 2. The Bertz CT molecular complexity index is 770. The highest BCUT2D eigenvalue weighted by atomic mass is 16.5. The van der Waals surface area contributed by atoms with E-state index in [9.17, 15) is 4.79 Å². The molecule has 0 saturated heterocycles. The van der Waals surface area contributed by atoms with Gasteiger partial charge in [0.2, 0.25) is 0 Å². The second kappa shape index (κ2) is 3.35. The lowest BCUT2D eigenvalue weighted by Gasteiger charge is -1.99. The van der Waals surface area contributed by atoms with Crippen LogP contribution < -0.4 is 10.3 Å². The Morgan fingerprint density at radius 1 is 1.24 bits per heavy atom. The number of hydrogen-bond donors (Lipinski definition) is 2. The van der Waals surface area contributed by atoms with E-state index >= 15 is 0 Å². The number of fused-ring (bicyclic) bond motifs is 3. The van der Waals surface area contributed by atoms with Gasteiger partial charge in [0.1, 0.15) is 22.6 Å². The molecule has 3 rings (SSSR count). The lowest BCUT2D eigenvalue weighted by molar-refractivity contribution is 0.419. The van der Waals surface area contributed by atoms with Gasteiger partial charge in [-0.3, -0.25) is 4.79 Å². The third-order valence-electron chi connectivity index (χ3n) is 2.79. The number of ether oxygens (including phenoxy) is 1. The first-order valence-corrected chi connectivity index (χ1v) is 5.26. The fourth-order valence-electron chi connectivity index (χ4n) is 2.05. The number of aryl methyl sites for hydroxylation is 1. The van der Waals surface area contributed by atoms with Gasteiger partial charge in [0.05, 0.1) is 12.6 Å². The molecule has 1 aromatic carbocycles. The van der Waals surface area contributed by atoms with Crippen LogP contribution in [0.15, 0.2) is 23.0 Å². The van der Waals surface area contributed by atoms with Crippen LogP contribution in [0.4, 0.5) is 0 Å². The van der Waals surface area contributed by atoms with Gasteiger partial charge < -0.3 is 14.7 Å². The van der Waals surface area contributed by atoms with Crippen LogP contribution in [0, 0.1) is 6.92 Å². The van der Waals surface area contributed by atoms with Crippen molar-refractivity contribution in [3.8, 4) is 5.75 Å². The Morgan fingerprint density at radius 3 is 2.82 bits per heavy atom. The molecule has 0 fully saturated rings. The molecular formula is C12H11N3O2. The largest absolute Gasteiger partial charge is 0.495 e. The third kappa shape index (κ3) is 1.32. The topological polar surface area (TPSA) is 70.8 Å². The average molecular weight is 229 g/mol. The summed E-state index contributed by atoms with van der Waals surface area (Å²) in [7, 11) is 1.60. The van der Waals surface area contributed by atoms with E-state index in [1.54, 1.807) is 14.0 Å². The Kier molecular flexibility index (Phi) is 1.95. The van der Waals surface area contributed by atoms with Crippen LogP contribution in [-0.4, -0.2) is 22.1 Å². The van der Waals surface area contributed by atoms with Crippen molar-refractivity contribution in [2.45, 2.75) is 6.92 Å². The van der Waals surface area contributed by atoms with Crippen molar-refractivity contribution in [2.75, 3.05) is 7.11 Å². The zero-order valence-corrected chi connectivity index (χ0v) is 9.50. The van der Waals surface area contributed by atoms with Gasteiger partial charge in [-0.15, -0.1) is 0 Å². The molecule has 0 aliphatic carbocycles. The minimum atomic E-state index is -0.161. The molecule has 0 radical (unpaired) electrons. The Labute approximate surface area is 96.4 Å².